The van der Waals surface area contributed by atoms with Crippen LogP contribution in [0.25, 0.3) is 0 Å². The quantitative estimate of drug-likeness (QED) is 0.870. The molecule has 1 heterocycles. The second-order valence-corrected chi connectivity index (χ2v) is 5.43. The van der Waals surface area contributed by atoms with Crippen molar-refractivity contribution in [2.45, 2.75) is 18.9 Å². The van der Waals surface area contributed by atoms with Gasteiger partial charge in [-0.15, -0.1) is 11.3 Å². The first-order valence-corrected chi connectivity index (χ1v) is 6.42. The van der Waals surface area contributed by atoms with Crippen LogP contribution in [-0.4, -0.2) is 5.11 Å². The first kappa shape index (κ1) is 11.6. The lowest BCUT2D eigenvalue weighted by molar-refractivity contribution is 0.171. The van der Waals surface area contributed by atoms with Crippen LogP contribution in [0.5, 0.6) is 0 Å². The number of thiophene rings is 1. The van der Waals surface area contributed by atoms with Crippen LogP contribution in [0.1, 0.15) is 23.0 Å². The summed E-state index contributed by atoms with van der Waals surface area (Å²) < 4.78 is 0.730. The fraction of sp³-hybridized carbons (Fsp3) is 0.231. The minimum absolute atomic E-state index is 0.405. The summed E-state index contributed by atoms with van der Waals surface area (Å²) in [6, 6.07) is 13.9. The Bertz CT molecular complexity index is 438. The molecule has 2 rings (SSSR count). The zero-order chi connectivity index (χ0) is 11.4. The Hall–Kier alpha value is -0.830. The molecule has 0 fully saturated rings. The van der Waals surface area contributed by atoms with Crippen molar-refractivity contribution in [3.8, 4) is 0 Å². The summed E-state index contributed by atoms with van der Waals surface area (Å²) in [7, 11) is 0. The highest BCUT2D eigenvalue weighted by Crippen LogP contribution is 2.29. The van der Waals surface area contributed by atoms with E-state index in [1.807, 2.05) is 30.3 Å². The summed E-state index contributed by atoms with van der Waals surface area (Å²) in [5.41, 5.74) is 1.25. The number of aliphatic hydroxyl groups excluding tert-OH is 1. The largest absolute Gasteiger partial charge is 0.388 e. The van der Waals surface area contributed by atoms with E-state index in [1.54, 1.807) is 0 Å². The highest BCUT2D eigenvalue weighted by Gasteiger charge is 2.09. The maximum atomic E-state index is 9.95. The molecule has 1 unspecified atom stereocenters. The van der Waals surface area contributed by atoms with Crippen LogP contribution in [0.4, 0.5) is 0 Å². The number of aliphatic hydroxyl groups is 1. The molecule has 2 aromatic rings. The SMILES string of the molecule is OC(CCc1ccccc1)c1ccc(Cl)s1. The number of hydrogen-bond donors (Lipinski definition) is 1. The summed E-state index contributed by atoms with van der Waals surface area (Å²) in [5.74, 6) is 0. The topological polar surface area (TPSA) is 20.2 Å². The molecule has 1 atom stereocenters. The van der Waals surface area contributed by atoms with Gasteiger partial charge in [0.25, 0.3) is 0 Å². The van der Waals surface area contributed by atoms with Crippen LogP contribution < -0.4 is 0 Å². The maximum Gasteiger partial charge on any atom is 0.0932 e. The summed E-state index contributed by atoms with van der Waals surface area (Å²) >= 11 is 7.28. The van der Waals surface area contributed by atoms with Crippen LogP contribution in [-0.2, 0) is 6.42 Å². The Morgan fingerprint density at radius 1 is 1.12 bits per heavy atom. The summed E-state index contributed by atoms with van der Waals surface area (Å²) in [6.45, 7) is 0. The van der Waals surface area contributed by atoms with Gasteiger partial charge in [-0.1, -0.05) is 41.9 Å². The van der Waals surface area contributed by atoms with E-state index in [2.05, 4.69) is 12.1 Å². The first-order valence-electron chi connectivity index (χ1n) is 5.23. The smallest absolute Gasteiger partial charge is 0.0932 e. The normalized spacial score (nSPS) is 12.6. The predicted molar refractivity (Wildman–Crippen MR) is 69.1 cm³/mol. The van der Waals surface area contributed by atoms with Gasteiger partial charge in [0.15, 0.2) is 0 Å². The zero-order valence-electron chi connectivity index (χ0n) is 8.77. The average molecular weight is 253 g/mol. The molecule has 0 saturated carbocycles. The lowest BCUT2D eigenvalue weighted by Gasteiger charge is -2.07. The van der Waals surface area contributed by atoms with Gasteiger partial charge < -0.3 is 5.11 Å². The molecule has 1 N–H and O–H groups in total. The van der Waals surface area contributed by atoms with E-state index < -0.39 is 6.10 Å². The predicted octanol–water partition coefficient (Wildman–Crippen LogP) is 4.07. The Kier molecular flexibility index (Phi) is 3.99. The summed E-state index contributed by atoms with van der Waals surface area (Å²) in [5, 5.41) is 9.95. The monoisotopic (exact) mass is 252 g/mol. The highest BCUT2D eigenvalue weighted by molar-refractivity contribution is 7.16. The third kappa shape index (κ3) is 3.08. The molecule has 3 heteroatoms. The third-order valence-corrected chi connectivity index (χ3v) is 3.80. The third-order valence-electron chi connectivity index (χ3n) is 2.47. The van der Waals surface area contributed by atoms with Crippen LogP contribution in [0.15, 0.2) is 42.5 Å². The molecule has 0 aliphatic carbocycles. The molecular weight excluding hydrogens is 240 g/mol. The van der Waals surface area contributed by atoms with Crippen LogP contribution in [0.3, 0.4) is 0 Å². The Balaban J connectivity index is 1.91. The summed E-state index contributed by atoms with van der Waals surface area (Å²) in [6.07, 6.45) is 1.22. The molecule has 0 saturated heterocycles. The minimum Gasteiger partial charge on any atom is -0.388 e. The number of halogens is 1. The van der Waals surface area contributed by atoms with Crippen molar-refractivity contribution in [2.24, 2.45) is 0 Å². The van der Waals surface area contributed by atoms with E-state index in [4.69, 9.17) is 11.6 Å². The molecule has 84 valence electrons. The van der Waals surface area contributed by atoms with E-state index >= 15 is 0 Å². The van der Waals surface area contributed by atoms with Crippen molar-refractivity contribution < 1.29 is 5.11 Å². The van der Waals surface area contributed by atoms with Gasteiger partial charge in [-0.3, -0.25) is 0 Å². The Morgan fingerprint density at radius 2 is 1.88 bits per heavy atom. The fourth-order valence-corrected chi connectivity index (χ4v) is 2.68. The molecule has 0 aliphatic rings. The van der Waals surface area contributed by atoms with Gasteiger partial charge in [0.05, 0.1) is 10.4 Å². The molecule has 1 nitrogen and oxygen atoms in total. The van der Waals surface area contributed by atoms with Gasteiger partial charge in [0.1, 0.15) is 0 Å². The lowest BCUT2D eigenvalue weighted by Crippen LogP contribution is -1.96. The molecule has 0 radical (unpaired) electrons. The number of aryl methyl sites for hydroxylation is 1. The van der Waals surface area contributed by atoms with E-state index in [0.717, 1.165) is 22.1 Å². The van der Waals surface area contributed by atoms with Crippen molar-refractivity contribution in [1.82, 2.24) is 0 Å². The van der Waals surface area contributed by atoms with Crippen LogP contribution in [0, 0.1) is 0 Å². The summed E-state index contributed by atoms with van der Waals surface area (Å²) in [4.78, 5) is 0.945. The molecule has 0 bridgehead atoms. The second-order valence-electron chi connectivity index (χ2n) is 3.68. The first-order chi connectivity index (χ1) is 7.75. The molecule has 16 heavy (non-hydrogen) atoms. The van der Waals surface area contributed by atoms with E-state index in [-0.39, 0.29) is 0 Å². The van der Waals surface area contributed by atoms with Crippen molar-refractivity contribution in [2.75, 3.05) is 0 Å². The maximum absolute atomic E-state index is 9.95. The average Bonchev–Trinajstić information content (AvgIpc) is 2.74. The van der Waals surface area contributed by atoms with E-state index in [1.165, 1.54) is 16.9 Å². The highest BCUT2D eigenvalue weighted by atomic mass is 35.5. The van der Waals surface area contributed by atoms with Crippen LogP contribution >= 0.6 is 22.9 Å². The van der Waals surface area contributed by atoms with Gasteiger partial charge in [-0.25, -0.2) is 0 Å². The Labute approximate surface area is 104 Å². The Morgan fingerprint density at radius 3 is 2.50 bits per heavy atom. The zero-order valence-corrected chi connectivity index (χ0v) is 10.3. The molecule has 1 aromatic carbocycles. The van der Waals surface area contributed by atoms with Crippen LogP contribution in [0.2, 0.25) is 4.34 Å². The van der Waals surface area contributed by atoms with Gasteiger partial charge in [-0.2, -0.15) is 0 Å². The van der Waals surface area contributed by atoms with Gasteiger partial charge in [0.2, 0.25) is 0 Å². The molecule has 0 aliphatic heterocycles. The fourth-order valence-electron chi connectivity index (χ4n) is 1.60. The van der Waals surface area contributed by atoms with E-state index in [0.29, 0.717) is 0 Å². The number of rotatable bonds is 4. The lowest BCUT2D eigenvalue weighted by atomic mass is 10.1. The second kappa shape index (κ2) is 5.48. The minimum atomic E-state index is -0.405. The van der Waals surface area contributed by atoms with Crippen molar-refractivity contribution >= 4 is 22.9 Å². The van der Waals surface area contributed by atoms with Crippen molar-refractivity contribution in [1.29, 1.82) is 0 Å². The molecule has 1 aromatic heterocycles. The number of benzene rings is 1. The van der Waals surface area contributed by atoms with E-state index in [9.17, 15) is 5.11 Å². The van der Waals surface area contributed by atoms with Crippen molar-refractivity contribution in [3.63, 3.8) is 0 Å². The number of hydrogen-bond acceptors (Lipinski definition) is 2. The molecule has 0 amide bonds. The van der Waals surface area contributed by atoms with Gasteiger partial charge >= 0.3 is 0 Å². The van der Waals surface area contributed by atoms with Crippen molar-refractivity contribution in [3.05, 3.63) is 57.2 Å². The molecular formula is C13H13ClOS. The van der Waals surface area contributed by atoms with Gasteiger partial charge in [0, 0.05) is 4.88 Å². The molecule has 0 spiro atoms. The van der Waals surface area contributed by atoms with Gasteiger partial charge in [-0.05, 0) is 30.5 Å². The standard InChI is InChI=1S/C13H13ClOS/c14-13-9-8-12(16-13)11(15)7-6-10-4-2-1-3-5-10/h1-5,8-9,11,15H,6-7H2.